The fourth-order valence-electron chi connectivity index (χ4n) is 3.87. The Hall–Kier alpha value is -3.55. The maximum Gasteiger partial charge on any atom is 0.276 e. The third-order valence-corrected chi connectivity index (χ3v) is 5.25. The number of fused-ring (bicyclic) bond motifs is 2. The molecule has 0 spiro atoms. The minimum Gasteiger partial charge on any atom is -0.483 e. The van der Waals surface area contributed by atoms with Crippen molar-refractivity contribution in [2.75, 3.05) is 6.61 Å². The van der Waals surface area contributed by atoms with E-state index < -0.39 is 11.8 Å². The molecule has 0 aliphatic carbocycles. The van der Waals surface area contributed by atoms with E-state index in [0.29, 0.717) is 17.1 Å². The highest BCUT2D eigenvalue weighted by Crippen LogP contribution is 2.41. The monoisotopic (exact) mass is 422 g/mol. The maximum absolute atomic E-state index is 12.4. The summed E-state index contributed by atoms with van der Waals surface area (Å²) in [5, 5.41) is 0. The van der Waals surface area contributed by atoms with Gasteiger partial charge in [-0.2, -0.15) is 0 Å². The second-order valence-corrected chi connectivity index (χ2v) is 8.18. The van der Waals surface area contributed by atoms with Crippen LogP contribution in [0.2, 0.25) is 0 Å². The van der Waals surface area contributed by atoms with Crippen LogP contribution in [0.3, 0.4) is 0 Å². The molecule has 4 rings (SSSR count). The number of hydrogen-bond donors (Lipinski definition) is 2. The highest BCUT2D eigenvalue weighted by atomic mass is 16.5. The van der Waals surface area contributed by atoms with Crippen molar-refractivity contribution < 1.29 is 19.1 Å². The van der Waals surface area contributed by atoms with E-state index in [9.17, 15) is 9.59 Å². The van der Waals surface area contributed by atoms with E-state index in [4.69, 9.17) is 9.47 Å². The molecule has 1 aliphatic heterocycles. The van der Waals surface area contributed by atoms with Crippen LogP contribution in [-0.4, -0.2) is 33.6 Å². The molecule has 3 aromatic rings. The van der Waals surface area contributed by atoms with Crippen LogP contribution < -0.4 is 20.3 Å². The number of nitrogens with zero attached hydrogens (tertiary/aromatic N) is 2. The van der Waals surface area contributed by atoms with E-state index in [1.54, 1.807) is 18.2 Å². The molecule has 2 amide bonds. The molecule has 0 saturated heterocycles. The predicted molar refractivity (Wildman–Crippen MR) is 116 cm³/mol. The number of carbonyl (C=O) groups excluding carboxylic acids is 2. The van der Waals surface area contributed by atoms with Gasteiger partial charge in [0.15, 0.2) is 18.1 Å². The average Bonchev–Trinajstić information content (AvgIpc) is 3.23. The van der Waals surface area contributed by atoms with Crippen LogP contribution >= 0.6 is 0 Å². The summed E-state index contributed by atoms with van der Waals surface area (Å²) in [7, 11) is 0. The normalized spacial score (nSPS) is 14.1. The zero-order chi connectivity index (χ0) is 22.2. The molecule has 2 N–H and O–H groups in total. The number of hydrogen-bond acceptors (Lipinski definition) is 5. The van der Waals surface area contributed by atoms with E-state index in [1.165, 1.54) is 0 Å². The molecule has 0 radical (unpaired) electrons. The molecule has 31 heavy (non-hydrogen) atoms. The third-order valence-electron chi connectivity index (χ3n) is 5.25. The summed E-state index contributed by atoms with van der Waals surface area (Å²) in [6.07, 6.45) is 0.780. The summed E-state index contributed by atoms with van der Waals surface area (Å²) in [5.74, 6) is 1.16. The Morgan fingerprint density at radius 3 is 2.81 bits per heavy atom. The van der Waals surface area contributed by atoms with Crippen molar-refractivity contribution >= 4 is 22.8 Å². The predicted octanol–water partition coefficient (Wildman–Crippen LogP) is 2.92. The summed E-state index contributed by atoms with van der Waals surface area (Å²) in [4.78, 5) is 29.1. The molecule has 8 nitrogen and oxygen atoms in total. The zero-order valence-corrected chi connectivity index (χ0v) is 18.1. The number of aromatic nitrogens is 2. The van der Waals surface area contributed by atoms with Crippen LogP contribution in [-0.2, 0) is 17.8 Å². The number of aryl methyl sites for hydroxylation is 2. The Kier molecular flexibility index (Phi) is 5.31. The van der Waals surface area contributed by atoms with Crippen LogP contribution in [0.15, 0.2) is 36.4 Å². The van der Waals surface area contributed by atoms with Crippen LogP contribution in [0.4, 0.5) is 0 Å². The molecule has 0 atom stereocenters. The molecular formula is C23H26N4O4. The Morgan fingerprint density at radius 1 is 1.23 bits per heavy atom. The third kappa shape index (κ3) is 4.19. The van der Waals surface area contributed by atoms with Gasteiger partial charge in [0.1, 0.15) is 11.4 Å². The summed E-state index contributed by atoms with van der Waals surface area (Å²) in [6.45, 7) is 8.53. The number of benzene rings is 2. The number of amides is 2. The van der Waals surface area contributed by atoms with Crippen molar-refractivity contribution in [3.63, 3.8) is 0 Å². The van der Waals surface area contributed by atoms with E-state index in [-0.39, 0.29) is 12.2 Å². The standard InChI is InChI=1S/C23H26N4O4/c1-5-27-14(2)24-17-11-15(9-10-18(17)27)22(29)26-25-20(28)13-30-19-8-6-7-16-12-23(3,4)31-21(16)19/h6-11H,5,12-13H2,1-4H3,(H,25,28)(H,26,29). The molecule has 2 aromatic carbocycles. The van der Waals surface area contributed by atoms with Crippen molar-refractivity contribution in [1.82, 2.24) is 20.4 Å². The first kappa shape index (κ1) is 20.7. The van der Waals surface area contributed by atoms with Crippen molar-refractivity contribution in [2.24, 2.45) is 0 Å². The minimum absolute atomic E-state index is 0.250. The lowest BCUT2D eigenvalue weighted by molar-refractivity contribution is -0.123. The Labute approximate surface area is 180 Å². The van der Waals surface area contributed by atoms with Crippen molar-refractivity contribution in [3.05, 3.63) is 53.3 Å². The zero-order valence-electron chi connectivity index (χ0n) is 18.1. The van der Waals surface area contributed by atoms with Gasteiger partial charge in [0.25, 0.3) is 11.8 Å². The number of para-hydroxylation sites is 1. The lowest BCUT2D eigenvalue weighted by Gasteiger charge is -2.18. The SMILES string of the molecule is CCn1c(C)nc2cc(C(=O)NNC(=O)COc3cccc4c3OC(C)(C)C4)ccc21. The van der Waals surface area contributed by atoms with Crippen LogP contribution in [0.25, 0.3) is 11.0 Å². The lowest BCUT2D eigenvalue weighted by atomic mass is 10.0. The smallest absolute Gasteiger partial charge is 0.276 e. The van der Waals surface area contributed by atoms with E-state index in [0.717, 1.165) is 35.4 Å². The molecule has 0 saturated carbocycles. The number of hydrazine groups is 1. The van der Waals surface area contributed by atoms with Gasteiger partial charge in [-0.25, -0.2) is 4.98 Å². The van der Waals surface area contributed by atoms with Gasteiger partial charge in [-0.05, 0) is 52.0 Å². The molecule has 8 heteroatoms. The van der Waals surface area contributed by atoms with Gasteiger partial charge in [0, 0.05) is 24.1 Å². The summed E-state index contributed by atoms with van der Waals surface area (Å²) >= 11 is 0. The highest BCUT2D eigenvalue weighted by Gasteiger charge is 2.32. The quantitative estimate of drug-likeness (QED) is 0.617. The number of nitrogens with one attached hydrogen (secondary N) is 2. The largest absolute Gasteiger partial charge is 0.483 e. The fraction of sp³-hybridized carbons (Fsp3) is 0.348. The Balaban J connectivity index is 1.34. The van der Waals surface area contributed by atoms with Gasteiger partial charge < -0.3 is 14.0 Å². The molecule has 1 aromatic heterocycles. The molecular weight excluding hydrogens is 396 g/mol. The fourth-order valence-corrected chi connectivity index (χ4v) is 3.87. The van der Waals surface area contributed by atoms with Gasteiger partial charge in [-0.1, -0.05) is 12.1 Å². The number of carbonyl (C=O) groups is 2. The number of ether oxygens (including phenoxy) is 2. The molecule has 162 valence electrons. The molecule has 0 unspecified atom stereocenters. The molecule has 2 heterocycles. The summed E-state index contributed by atoms with van der Waals surface area (Å²) in [6, 6.07) is 10.9. The Bertz CT molecular complexity index is 1170. The Morgan fingerprint density at radius 2 is 2.03 bits per heavy atom. The molecule has 1 aliphatic rings. The van der Waals surface area contributed by atoms with Crippen molar-refractivity contribution in [2.45, 2.75) is 46.3 Å². The van der Waals surface area contributed by atoms with E-state index in [2.05, 4.69) is 20.4 Å². The van der Waals surface area contributed by atoms with Crippen LogP contribution in [0.5, 0.6) is 11.5 Å². The first-order valence-electron chi connectivity index (χ1n) is 10.3. The number of imidazole rings is 1. The van der Waals surface area contributed by atoms with E-state index >= 15 is 0 Å². The second kappa shape index (κ2) is 7.94. The van der Waals surface area contributed by atoms with Gasteiger partial charge in [-0.3, -0.25) is 20.4 Å². The summed E-state index contributed by atoms with van der Waals surface area (Å²) in [5.41, 5.74) is 7.66. The minimum atomic E-state index is -0.476. The molecule has 0 fully saturated rings. The van der Waals surface area contributed by atoms with Gasteiger partial charge in [0.05, 0.1) is 11.0 Å². The van der Waals surface area contributed by atoms with Gasteiger partial charge in [0.2, 0.25) is 0 Å². The average molecular weight is 422 g/mol. The summed E-state index contributed by atoms with van der Waals surface area (Å²) < 4.78 is 13.6. The highest BCUT2D eigenvalue weighted by molar-refractivity contribution is 5.98. The van der Waals surface area contributed by atoms with Gasteiger partial charge in [-0.15, -0.1) is 0 Å². The van der Waals surface area contributed by atoms with E-state index in [1.807, 2.05) is 45.9 Å². The molecule has 0 bridgehead atoms. The first-order chi connectivity index (χ1) is 14.8. The topological polar surface area (TPSA) is 94.5 Å². The van der Waals surface area contributed by atoms with Crippen molar-refractivity contribution in [1.29, 1.82) is 0 Å². The first-order valence-corrected chi connectivity index (χ1v) is 10.3. The van der Waals surface area contributed by atoms with Gasteiger partial charge >= 0.3 is 0 Å². The number of rotatable bonds is 5. The van der Waals surface area contributed by atoms with Crippen molar-refractivity contribution in [3.8, 4) is 11.5 Å². The lowest BCUT2D eigenvalue weighted by Crippen LogP contribution is -2.43. The maximum atomic E-state index is 12.4. The second-order valence-electron chi connectivity index (χ2n) is 8.18. The van der Waals surface area contributed by atoms with Crippen LogP contribution in [0, 0.1) is 6.92 Å². The van der Waals surface area contributed by atoms with Crippen LogP contribution in [0.1, 0.15) is 42.5 Å².